The number of β-amino-alcohol motifs (C(OH)–C–C–N with tert-alkyl or cyclic N) is 1. The molecule has 3 fully saturated rings. The van der Waals surface area contributed by atoms with Crippen molar-refractivity contribution in [3.05, 3.63) is 0 Å². The minimum absolute atomic E-state index is 0.0286. The normalized spacial score (nSPS) is 50.5. The minimum atomic E-state index is -0.0286. The summed E-state index contributed by atoms with van der Waals surface area (Å²) in [6, 6.07) is 0.843. The lowest BCUT2D eigenvalue weighted by Crippen LogP contribution is -2.37. The average molecular weight is 181 g/mol. The Morgan fingerprint density at radius 2 is 2.00 bits per heavy atom. The van der Waals surface area contributed by atoms with E-state index < -0.39 is 0 Å². The summed E-state index contributed by atoms with van der Waals surface area (Å²) in [7, 11) is 0. The van der Waals surface area contributed by atoms with Gasteiger partial charge in [0.1, 0.15) is 0 Å². The van der Waals surface area contributed by atoms with E-state index in [1.807, 2.05) is 0 Å². The van der Waals surface area contributed by atoms with Crippen molar-refractivity contribution in [2.45, 2.75) is 44.2 Å². The Morgan fingerprint density at radius 1 is 1.08 bits per heavy atom. The van der Waals surface area contributed by atoms with Crippen molar-refractivity contribution >= 4 is 0 Å². The summed E-state index contributed by atoms with van der Waals surface area (Å²) >= 11 is 0. The van der Waals surface area contributed by atoms with Gasteiger partial charge in [-0.25, -0.2) is 0 Å². The predicted octanol–water partition coefficient (Wildman–Crippen LogP) is 1.24. The molecule has 3 unspecified atom stereocenters. The molecule has 0 radical (unpaired) electrons. The van der Waals surface area contributed by atoms with E-state index in [2.05, 4.69) is 4.90 Å². The Balaban J connectivity index is 1.66. The highest BCUT2D eigenvalue weighted by atomic mass is 16.3. The van der Waals surface area contributed by atoms with Crippen LogP contribution in [0.15, 0.2) is 0 Å². The zero-order valence-corrected chi connectivity index (χ0v) is 8.15. The van der Waals surface area contributed by atoms with Crippen LogP contribution in [0.1, 0.15) is 32.1 Å². The van der Waals surface area contributed by atoms with Gasteiger partial charge in [-0.2, -0.15) is 0 Å². The molecular weight excluding hydrogens is 162 g/mol. The standard InChI is InChI=1S/C11H19NO/c13-10-3-4-12(7-10)11-6-8-1-2-9(11)5-8/h8-11,13H,1-7H2/t8?,9?,10-,11?/m1/s1. The Kier molecular flexibility index (Phi) is 1.88. The van der Waals surface area contributed by atoms with E-state index in [9.17, 15) is 5.11 Å². The maximum Gasteiger partial charge on any atom is 0.0679 e. The number of fused-ring (bicyclic) bond motifs is 2. The molecule has 0 aromatic heterocycles. The third-order valence-electron chi connectivity index (χ3n) is 4.36. The van der Waals surface area contributed by atoms with E-state index in [-0.39, 0.29) is 6.10 Å². The molecular formula is C11H19NO. The number of hydrogen-bond acceptors (Lipinski definition) is 2. The first kappa shape index (κ1) is 8.25. The third-order valence-corrected chi connectivity index (χ3v) is 4.36. The van der Waals surface area contributed by atoms with Gasteiger partial charge in [0, 0.05) is 19.1 Å². The average Bonchev–Trinajstić information content (AvgIpc) is 2.77. The van der Waals surface area contributed by atoms with E-state index in [0.717, 1.165) is 37.4 Å². The summed E-state index contributed by atoms with van der Waals surface area (Å²) in [6.07, 6.45) is 6.83. The maximum atomic E-state index is 9.49. The topological polar surface area (TPSA) is 23.5 Å². The molecule has 1 aliphatic heterocycles. The van der Waals surface area contributed by atoms with Crippen LogP contribution >= 0.6 is 0 Å². The Hall–Kier alpha value is -0.0800. The predicted molar refractivity (Wildman–Crippen MR) is 51.4 cm³/mol. The van der Waals surface area contributed by atoms with Gasteiger partial charge in [0.2, 0.25) is 0 Å². The molecule has 0 spiro atoms. The third kappa shape index (κ3) is 1.31. The first-order valence-corrected chi connectivity index (χ1v) is 5.75. The zero-order valence-electron chi connectivity index (χ0n) is 8.15. The van der Waals surface area contributed by atoms with Crippen LogP contribution in [0, 0.1) is 11.8 Å². The zero-order chi connectivity index (χ0) is 8.84. The smallest absolute Gasteiger partial charge is 0.0679 e. The minimum Gasteiger partial charge on any atom is -0.392 e. The SMILES string of the molecule is O[C@@H]1CCN(C2CC3CCC2C3)C1. The lowest BCUT2D eigenvalue weighted by Gasteiger charge is -2.30. The summed E-state index contributed by atoms with van der Waals surface area (Å²) in [4.78, 5) is 2.55. The molecule has 13 heavy (non-hydrogen) atoms. The second kappa shape index (κ2) is 2.96. The van der Waals surface area contributed by atoms with Gasteiger partial charge in [0.05, 0.1) is 6.10 Å². The Morgan fingerprint density at radius 3 is 2.54 bits per heavy atom. The lowest BCUT2D eigenvalue weighted by atomic mass is 9.94. The van der Waals surface area contributed by atoms with Gasteiger partial charge in [0.25, 0.3) is 0 Å². The van der Waals surface area contributed by atoms with Crippen molar-refractivity contribution < 1.29 is 5.11 Å². The molecule has 3 aliphatic rings. The van der Waals surface area contributed by atoms with Crippen LogP contribution in [0.25, 0.3) is 0 Å². The van der Waals surface area contributed by atoms with Gasteiger partial charge >= 0.3 is 0 Å². The van der Waals surface area contributed by atoms with Gasteiger partial charge in [-0.3, -0.25) is 4.90 Å². The molecule has 1 N–H and O–H groups in total. The number of nitrogens with zero attached hydrogens (tertiary/aromatic N) is 1. The first-order chi connectivity index (χ1) is 6.33. The van der Waals surface area contributed by atoms with Crippen LogP contribution in [0.3, 0.4) is 0 Å². The van der Waals surface area contributed by atoms with Crippen LogP contribution in [0.2, 0.25) is 0 Å². The fourth-order valence-electron chi connectivity index (χ4n) is 3.73. The Labute approximate surface area is 79.9 Å². The number of hydrogen-bond donors (Lipinski definition) is 1. The second-order valence-corrected chi connectivity index (χ2v) is 5.18. The number of aliphatic hydroxyl groups is 1. The van der Waals surface area contributed by atoms with Gasteiger partial charge < -0.3 is 5.11 Å². The molecule has 3 rings (SSSR count). The monoisotopic (exact) mass is 181 g/mol. The molecule has 74 valence electrons. The first-order valence-electron chi connectivity index (χ1n) is 5.75. The number of rotatable bonds is 1. The van der Waals surface area contributed by atoms with Crippen LogP contribution in [-0.2, 0) is 0 Å². The fourth-order valence-corrected chi connectivity index (χ4v) is 3.73. The van der Waals surface area contributed by atoms with E-state index >= 15 is 0 Å². The van der Waals surface area contributed by atoms with E-state index in [0.29, 0.717) is 0 Å². The maximum absolute atomic E-state index is 9.49. The molecule has 0 amide bonds. The Bertz CT molecular complexity index is 206. The highest BCUT2D eigenvalue weighted by molar-refractivity contribution is 4.97. The molecule has 1 heterocycles. The molecule has 2 bridgehead atoms. The highest BCUT2D eigenvalue weighted by Gasteiger charge is 2.43. The molecule has 1 saturated heterocycles. The summed E-state index contributed by atoms with van der Waals surface area (Å²) in [5.41, 5.74) is 0. The van der Waals surface area contributed by atoms with Crippen molar-refractivity contribution in [3.8, 4) is 0 Å². The van der Waals surface area contributed by atoms with Gasteiger partial charge in [0.15, 0.2) is 0 Å². The number of likely N-dealkylation sites (tertiary alicyclic amines) is 1. The van der Waals surface area contributed by atoms with Gasteiger partial charge in [-0.1, -0.05) is 6.42 Å². The molecule has 2 aliphatic carbocycles. The van der Waals surface area contributed by atoms with Crippen molar-refractivity contribution in [3.63, 3.8) is 0 Å². The van der Waals surface area contributed by atoms with E-state index in [4.69, 9.17) is 0 Å². The summed E-state index contributed by atoms with van der Waals surface area (Å²) < 4.78 is 0. The van der Waals surface area contributed by atoms with Gasteiger partial charge in [-0.05, 0) is 37.5 Å². The fraction of sp³-hybridized carbons (Fsp3) is 1.00. The summed E-state index contributed by atoms with van der Waals surface area (Å²) in [6.45, 7) is 2.10. The van der Waals surface area contributed by atoms with Crippen LogP contribution < -0.4 is 0 Å². The molecule has 4 atom stereocenters. The molecule has 0 aromatic rings. The van der Waals surface area contributed by atoms with E-state index in [1.54, 1.807) is 0 Å². The highest BCUT2D eigenvalue weighted by Crippen LogP contribution is 2.47. The van der Waals surface area contributed by atoms with Crippen LogP contribution in [-0.4, -0.2) is 35.2 Å². The molecule has 2 nitrogen and oxygen atoms in total. The second-order valence-electron chi connectivity index (χ2n) is 5.18. The van der Waals surface area contributed by atoms with Gasteiger partial charge in [-0.15, -0.1) is 0 Å². The summed E-state index contributed by atoms with van der Waals surface area (Å²) in [5.74, 6) is 2.02. The van der Waals surface area contributed by atoms with Crippen LogP contribution in [0.4, 0.5) is 0 Å². The lowest BCUT2D eigenvalue weighted by molar-refractivity contribution is 0.134. The van der Waals surface area contributed by atoms with Crippen molar-refractivity contribution in [2.24, 2.45) is 11.8 Å². The quantitative estimate of drug-likeness (QED) is 0.658. The molecule has 2 heteroatoms. The summed E-state index contributed by atoms with van der Waals surface area (Å²) in [5, 5.41) is 9.49. The van der Waals surface area contributed by atoms with Crippen molar-refractivity contribution in [2.75, 3.05) is 13.1 Å². The van der Waals surface area contributed by atoms with E-state index in [1.165, 1.54) is 25.7 Å². The van der Waals surface area contributed by atoms with Crippen molar-refractivity contribution in [1.82, 2.24) is 4.90 Å². The largest absolute Gasteiger partial charge is 0.392 e. The van der Waals surface area contributed by atoms with Crippen molar-refractivity contribution in [1.29, 1.82) is 0 Å². The van der Waals surface area contributed by atoms with Crippen LogP contribution in [0.5, 0.6) is 0 Å². The number of aliphatic hydroxyl groups excluding tert-OH is 1. The molecule has 0 aromatic carbocycles. The molecule has 2 saturated carbocycles.